The first kappa shape index (κ1) is 35.5. The summed E-state index contributed by atoms with van der Waals surface area (Å²) in [6.45, 7) is 26.2. The lowest BCUT2D eigenvalue weighted by molar-refractivity contribution is 0.0701. The Morgan fingerprint density at radius 2 is 0.714 bits per heavy atom. The van der Waals surface area contributed by atoms with E-state index in [0.29, 0.717) is 39.6 Å². The van der Waals surface area contributed by atoms with Crippen molar-refractivity contribution in [2.75, 3.05) is 52.7 Å². The maximum atomic E-state index is 6.67. The first-order valence-electron chi connectivity index (χ1n) is 13.5. The molecule has 0 radical (unpaired) electrons. The summed E-state index contributed by atoms with van der Waals surface area (Å²) in [7, 11) is -9.28. The van der Waals surface area contributed by atoms with Gasteiger partial charge in [0.25, 0.3) is 17.0 Å². The molecule has 0 rings (SSSR count). The van der Waals surface area contributed by atoms with Crippen LogP contribution in [0.2, 0.25) is 38.3 Å². The molecule has 0 unspecified atom stereocenters. The van der Waals surface area contributed by atoms with Gasteiger partial charge in [0.05, 0.1) is 0 Å². The highest BCUT2D eigenvalue weighted by atomic mass is 28.4. The fraction of sp³-hybridized carbons (Fsp3) is 1.00. The standard InChI is InChI=1S/C22H56N2O7Si4/c1-11-25-34(26-12-2,27-13-3)21-17-19-23-32(7,8)31-33(9,10)24-20-18-22-35(28-14-4,29-15-5)30-16-6/h23-24H,11-22H2,1-10H3. The smallest absolute Gasteiger partial charge is 0.433 e. The first-order chi connectivity index (χ1) is 16.5. The predicted octanol–water partition coefficient (Wildman–Crippen LogP) is 4.46. The van der Waals surface area contributed by atoms with Crippen molar-refractivity contribution >= 4 is 34.6 Å². The molecule has 0 atom stereocenters. The van der Waals surface area contributed by atoms with Crippen LogP contribution in [0.4, 0.5) is 0 Å². The number of nitrogens with one attached hydrogen (secondary N) is 2. The Morgan fingerprint density at radius 1 is 0.457 bits per heavy atom. The molecule has 0 aromatic heterocycles. The second-order valence-corrected chi connectivity index (χ2v) is 22.2. The summed E-state index contributed by atoms with van der Waals surface area (Å²) in [4.78, 5) is 7.39. The largest absolute Gasteiger partial charge is 0.500 e. The van der Waals surface area contributed by atoms with Crippen LogP contribution in [-0.2, 0) is 30.7 Å². The third kappa shape index (κ3) is 15.5. The third-order valence-corrected chi connectivity index (χ3v) is 17.7. The maximum absolute atomic E-state index is 6.67. The lowest BCUT2D eigenvalue weighted by atomic mass is 10.5. The summed E-state index contributed by atoms with van der Waals surface area (Å²) < 4.78 is 42.5. The Kier molecular flexibility index (Phi) is 19.0. The molecule has 0 aromatic rings. The van der Waals surface area contributed by atoms with Crippen LogP contribution < -0.4 is 9.96 Å². The molecule has 9 nitrogen and oxygen atoms in total. The first-order valence-corrected chi connectivity index (χ1v) is 23.2. The Bertz CT molecular complexity index is 456. The SMILES string of the molecule is CCO[Si](CCCN[Si](C)(C)O[Si](C)(C)NCCC[Si](OCC)(OCC)OCC)(OCC)OCC. The van der Waals surface area contributed by atoms with Crippen LogP contribution in [0.15, 0.2) is 0 Å². The average molecular weight is 573 g/mol. The Morgan fingerprint density at radius 3 is 0.943 bits per heavy atom. The van der Waals surface area contributed by atoms with Crippen molar-refractivity contribution in [2.45, 2.75) is 92.7 Å². The highest BCUT2D eigenvalue weighted by molar-refractivity contribution is 6.82. The molecule has 0 aromatic carbocycles. The summed E-state index contributed by atoms with van der Waals surface area (Å²) >= 11 is 0. The molecule has 0 saturated heterocycles. The zero-order valence-electron chi connectivity index (χ0n) is 24.3. The van der Waals surface area contributed by atoms with Gasteiger partial charge < -0.3 is 40.6 Å². The van der Waals surface area contributed by atoms with E-state index in [1.807, 2.05) is 41.5 Å². The lowest BCUT2D eigenvalue weighted by Crippen LogP contribution is -2.60. The Hall–Kier alpha value is 0.508. The minimum Gasteiger partial charge on any atom is -0.433 e. The highest BCUT2D eigenvalue weighted by Crippen LogP contribution is 2.20. The molecule has 0 amide bonds. The average Bonchev–Trinajstić information content (AvgIpc) is 2.75. The second kappa shape index (κ2) is 18.7. The molecule has 13 heteroatoms. The van der Waals surface area contributed by atoms with Gasteiger partial charge in [-0.05, 0) is 93.7 Å². The second-order valence-electron chi connectivity index (χ2n) is 9.15. The van der Waals surface area contributed by atoms with Crippen molar-refractivity contribution in [2.24, 2.45) is 0 Å². The van der Waals surface area contributed by atoms with Gasteiger partial charge in [-0.1, -0.05) is 0 Å². The fourth-order valence-corrected chi connectivity index (χ4v) is 16.6. The van der Waals surface area contributed by atoms with Gasteiger partial charge in [0.2, 0.25) is 0 Å². The van der Waals surface area contributed by atoms with Crippen molar-refractivity contribution in [1.29, 1.82) is 0 Å². The van der Waals surface area contributed by atoms with Crippen LogP contribution in [-0.4, -0.2) is 87.3 Å². The molecule has 212 valence electrons. The molecular formula is C22H56N2O7Si4. The van der Waals surface area contributed by atoms with Gasteiger partial charge in [-0.2, -0.15) is 0 Å². The van der Waals surface area contributed by atoms with E-state index < -0.39 is 34.6 Å². The topological polar surface area (TPSA) is 88.7 Å². The molecule has 0 bridgehead atoms. The summed E-state index contributed by atoms with van der Waals surface area (Å²) in [6, 6.07) is 1.62. The van der Waals surface area contributed by atoms with Crippen molar-refractivity contribution in [3.05, 3.63) is 0 Å². The van der Waals surface area contributed by atoms with E-state index in [-0.39, 0.29) is 0 Å². The summed E-state index contributed by atoms with van der Waals surface area (Å²) in [6.07, 6.45) is 1.86. The van der Waals surface area contributed by atoms with Crippen LogP contribution in [0, 0.1) is 0 Å². The zero-order chi connectivity index (χ0) is 26.8. The minimum absolute atomic E-state index is 0.609. The number of hydrogen-bond acceptors (Lipinski definition) is 9. The zero-order valence-corrected chi connectivity index (χ0v) is 28.3. The maximum Gasteiger partial charge on any atom is 0.500 e. The molecular weight excluding hydrogens is 517 g/mol. The Labute approximate surface area is 220 Å². The van der Waals surface area contributed by atoms with Crippen LogP contribution >= 0.6 is 0 Å². The van der Waals surface area contributed by atoms with Gasteiger partial charge in [0.1, 0.15) is 0 Å². The van der Waals surface area contributed by atoms with E-state index in [0.717, 1.165) is 38.0 Å². The lowest BCUT2D eigenvalue weighted by Gasteiger charge is -2.35. The van der Waals surface area contributed by atoms with Gasteiger partial charge in [0.15, 0.2) is 0 Å². The molecule has 0 aliphatic carbocycles. The van der Waals surface area contributed by atoms with E-state index in [2.05, 4.69) is 36.2 Å². The molecule has 0 heterocycles. The number of hydrogen-bond donors (Lipinski definition) is 2. The van der Waals surface area contributed by atoms with Crippen molar-refractivity contribution in [3.63, 3.8) is 0 Å². The van der Waals surface area contributed by atoms with E-state index >= 15 is 0 Å². The van der Waals surface area contributed by atoms with E-state index in [9.17, 15) is 0 Å². The van der Waals surface area contributed by atoms with Gasteiger partial charge >= 0.3 is 17.6 Å². The van der Waals surface area contributed by atoms with Gasteiger partial charge in [-0.15, -0.1) is 0 Å². The highest BCUT2D eigenvalue weighted by Gasteiger charge is 2.41. The van der Waals surface area contributed by atoms with E-state index in [1.165, 1.54) is 0 Å². The summed E-state index contributed by atoms with van der Waals surface area (Å²) in [5.74, 6) is 0. The molecule has 0 fully saturated rings. The van der Waals surface area contributed by atoms with Crippen LogP contribution in [0.1, 0.15) is 54.4 Å². The third-order valence-electron chi connectivity index (χ3n) is 5.12. The minimum atomic E-state index is -2.59. The van der Waals surface area contributed by atoms with E-state index in [1.54, 1.807) is 0 Å². The molecule has 0 spiro atoms. The number of rotatable bonds is 24. The van der Waals surface area contributed by atoms with Crippen LogP contribution in [0.25, 0.3) is 0 Å². The van der Waals surface area contributed by atoms with Crippen molar-refractivity contribution in [1.82, 2.24) is 9.96 Å². The molecule has 35 heavy (non-hydrogen) atoms. The van der Waals surface area contributed by atoms with Crippen LogP contribution in [0.3, 0.4) is 0 Å². The van der Waals surface area contributed by atoms with Gasteiger partial charge in [-0.3, -0.25) is 0 Å². The van der Waals surface area contributed by atoms with Gasteiger partial charge in [0, 0.05) is 51.7 Å². The van der Waals surface area contributed by atoms with Gasteiger partial charge in [-0.25, -0.2) is 0 Å². The van der Waals surface area contributed by atoms with Crippen LogP contribution in [0.5, 0.6) is 0 Å². The molecule has 0 saturated carbocycles. The normalized spacial score (nSPS) is 13.5. The molecule has 0 aliphatic rings. The summed E-state index contributed by atoms with van der Waals surface area (Å²) in [5, 5.41) is 0. The van der Waals surface area contributed by atoms with Crippen molar-refractivity contribution < 1.29 is 30.7 Å². The van der Waals surface area contributed by atoms with E-state index in [4.69, 9.17) is 30.7 Å². The molecule has 2 N–H and O–H groups in total. The molecule has 0 aliphatic heterocycles. The fourth-order valence-electron chi connectivity index (χ4n) is 4.10. The predicted molar refractivity (Wildman–Crippen MR) is 152 cm³/mol. The summed E-state index contributed by atoms with van der Waals surface area (Å²) in [5.41, 5.74) is 0. The quantitative estimate of drug-likeness (QED) is 0.128. The van der Waals surface area contributed by atoms with Crippen molar-refractivity contribution in [3.8, 4) is 0 Å². The monoisotopic (exact) mass is 572 g/mol. The Balaban J connectivity index is 4.65.